The minimum absolute atomic E-state index is 0.189. The van der Waals surface area contributed by atoms with Crippen molar-refractivity contribution in [3.63, 3.8) is 0 Å². The van der Waals surface area contributed by atoms with Gasteiger partial charge in [-0.15, -0.1) is 0 Å². The van der Waals surface area contributed by atoms with Crippen LogP contribution >= 0.6 is 0 Å². The third-order valence-corrected chi connectivity index (χ3v) is 3.98. The summed E-state index contributed by atoms with van der Waals surface area (Å²) in [6, 6.07) is -0.189. The largest absolute Gasteiger partial charge is 0.481 e. The summed E-state index contributed by atoms with van der Waals surface area (Å²) in [6.45, 7) is 4.77. The summed E-state index contributed by atoms with van der Waals surface area (Å²) in [4.78, 5) is 26.3. The van der Waals surface area contributed by atoms with E-state index in [-0.39, 0.29) is 12.6 Å². The number of carboxylic acid groups (broad SMARTS) is 1. The van der Waals surface area contributed by atoms with Crippen LogP contribution < -0.4 is 5.32 Å². The average Bonchev–Trinajstić information content (AvgIpc) is 2.40. The van der Waals surface area contributed by atoms with Crippen molar-refractivity contribution < 1.29 is 14.7 Å². The molecule has 0 bridgehead atoms. The maximum atomic E-state index is 11.8. The number of likely N-dealkylation sites (tertiary alicyclic amines) is 1. The lowest BCUT2D eigenvalue weighted by atomic mass is 9.94. The molecular weight excluding hydrogens is 258 g/mol. The first kappa shape index (κ1) is 16.8. The van der Waals surface area contributed by atoms with Crippen LogP contribution in [0.2, 0.25) is 0 Å². The van der Waals surface area contributed by atoms with E-state index in [2.05, 4.69) is 17.3 Å². The summed E-state index contributed by atoms with van der Waals surface area (Å²) in [5, 5.41) is 11.7. The first-order valence-corrected chi connectivity index (χ1v) is 7.30. The molecule has 1 unspecified atom stereocenters. The lowest BCUT2D eigenvalue weighted by molar-refractivity contribution is -0.141. The topological polar surface area (TPSA) is 72.9 Å². The van der Waals surface area contributed by atoms with Crippen LogP contribution in [0.4, 0.5) is 4.79 Å². The molecule has 0 aromatic rings. The summed E-state index contributed by atoms with van der Waals surface area (Å²) in [6.07, 6.45) is 3.39. The minimum Gasteiger partial charge on any atom is -0.481 e. The maximum Gasteiger partial charge on any atom is 0.317 e. The van der Waals surface area contributed by atoms with Gasteiger partial charge >= 0.3 is 12.0 Å². The summed E-state index contributed by atoms with van der Waals surface area (Å²) in [5.41, 5.74) is 0. The molecule has 20 heavy (non-hydrogen) atoms. The van der Waals surface area contributed by atoms with E-state index in [1.165, 1.54) is 17.7 Å². The standard InChI is InChI=1S/C14H27N3O3/c1-11(13(18)19)10-17(3)14(20)15-7-4-12-5-8-16(2)9-6-12/h11-12H,4-10H2,1-3H3,(H,15,20)(H,18,19). The lowest BCUT2D eigenvalue weighted by Crippen LogP contribution is -2.41. The average molecular weight is 285 g/mol. The van der Waals surface area contributed by atoms with Gasteiger partial charge in [0.25, 0.3) is 0 Å². The summed E-state index contributed by atoms with van der Waals surface area (Å²) in [7, 11) is 3.76. The number of hydrogen-bond donors (Lipinski definition) is 2. The van der Waals surface area contributed by atoms with Crippen LogP contribution in [-0.2, 0) is 4.79 Å². The smallest absolute Gasteiger partial charge is 0.317 e. The summed E-state index contributed by atoms with van der Waals surface area (Å²) in [5.74, 6) is -0.731. The SMILES string of the molecule is CC(CN(C)C(=O)NCCC1CCN(C)CC1)C(=O)O. The van der Waals surface area contributed by atoms with Crippen LogP contribution in [0.3, 0.4) is 0 Å². The molecule has 6 nitrogen and oxygen atoms in total. The molecule has 2 amide bonds. The fraction of sp³-hybridized carbons (Fsp3) is 0.857. The zero-order valence-corrected chi connectivity index (χ0v) is 12.8. The molecule has 0 aromatic heterocycles. The Hall–Kier alpha value is -1.30. The fourth-order valence-electron chi connectivity index (χ4n) is 2.44. The molecule has 1 atom stereocenters. The summed E-state index contributed by atoms with van der Waals surface area (Å²) < 4.78 is 0. The molecule has 0 spiro atoms. The van der Waals surface area contributed by atoms with Gasteiger partial charge < -0.3 is 20.2 Å². The number of rotatable bonds is 6. The predicted octanol–water partition coefficient (Wildman–Crippen LogP) is 1.08. The van der Waals surface area contributed by atoms with Crippen molar-refractivity contribution in [3.8, 4) is 0 Å². The normalized spacial score (nSPS) is 18.6. The molecule has 1 saturated heterocycles. The number of carbonyl (C=O) groups is 2. The Morgan fingerprint density at radius 3 is 2.55 bits per heavy atom. The van der Waals surface area contributed by atoms with E-state index in [0.717, 1.165) is 19.5 Å². The highest BCUT2D eigenvalue weighted by atomic mass is 16.4. The van der Waals surface area contributed by atoms with E-state index in [1.54, 1.807) is 14.0 Å². The number of piperidine rings is 1. The second-order valence-electron chi connectivity index (χ2n) is 5.89. The lowest BCUT2D eigenvalue weighted by Gasteiger charge is -2.29. The Morgan fingerprint density at radius 1 is 1.40 bits per heavy atom. The van der Waals surface area contributed by atoms with Crippen molar-refractivity contribution in [3.05, 3.63) is 0 Å². The van der Waals surface area contributed by atoms with Crippen molar-refractivity contribution in [1.82, 2.24) is 15.1 Å². The molecule has 6 heteroatoms. The molecule has 1 aliphatic heterocycles. The Bertz CT molecular complexity index is 328. The van der Waals surface area contributed by atoms with Gasteiger partial charge in [0.15, 0.2) is 0 Å². The number of aliphatic carboxylic acids is 1. The van der Waals surface area contributed by atoms with E-state index in [1.807, 2.05) is 0 Å². The van der Waals surface area contributed by atoms with Crippen LogP contribution in [0.15, 0.2) is 0 Å². The highest BCUT2D eigenvalue weighted by Gasteiger charge is 2.19. The quantitative estimate of drug-likeness (QED) is 0.766. The highest BCUT2D eigenvalue weighted by molar-refractivity contribution is 5.75. The van der Waals surface area contributed by atoms with Gasteiger partial charge in [-0.05, 0) is 45.3 Å². The van der Waals surface area contributed by atoms with E-state index in [0.29, 0.717) is 12.5 Å². The van der Waals surface area contributed by atoms with Crippen LogP contribution in [0.1, 0.15) is 26.2 Å². The Morgan fingerprint density at radius 2 is 2.00 bits per heavy atom. The van der Waals surface area contributed by atoms with Gasteiger partial charge in [-0.1, -0.05) is 6.92 Å². The van der Waals surface area contributed by atoms with Gasteiger partial charge in [0, 0.05) is 20.1 Å². The highest BCUT2D eigenvalue weighted by Crippen LogP contribution is 2.18. The Balaban J connectivity index is 2.17. The van der Waals surface area contributed by atoms with Gasteiger partial charge in [-0.2, -0.15) is 0 Å². The van der Waals surface area contributed by atoms with Crippen molar-refractivity contribution in [2.75, 3.05) is 40.3 Å². The minimum atomic E-state index is -0.879. The third-order valence-electron chi connectivity index (χ3n) is 3.98. The van der Waals surface area contributed by atoms with Gasteiger partial charge in [-0.25, -0.2) is 4.79 Å². The molecule has 0 radical (unpaired) electrons. The van der Waals surface area contributed by atoms with Crippen LogP contribution in [0.25, 0.3) is 0 Å². The molecule has 116 valence electrons. The summed E-state index contributed by atoms with van der Waals surface area (Å²) >= 11 is 0. The van der Waals surface area contributed by atoms with E-state index in [9.17, 15) is 9.59 Å². The van der Waals surface area contributed by atoms with Crippen molar-refractivity contribution in [1.29, 1.82) is 0 Å². The zero-order valence-electron chi connectivity index (χ0n) is 12.8. The Labute approximate surface area is 121 Å². The number of nitrogens with one attached hydrogen (secondary N) is 1. The fourth-order valence-corrected chi connectivity index (χ4v) is 2.44. The van der Waals surface area contributed by atoms with E-state index < -0.39 is 11.9 Å². The monoisotopic (exact) mass is 285 g/mol. The van der Waals surface area contributed by atoms with Crippen LogP contribution in [0.5, 0.6) is 0 Å². The number of carboxylic acids is 1. The predicted molar refractivity (Wildman–Crippen MR) is 77.7 cm³/mol. The molecule has 1 rings (SSSR count). The molecule has 0 aliphatic carbocycles. The van der Waals surface area contributed by atoms with Gasteiger partial charge in [-0.3, -0.25) is 4.79 Å². The second-order valence-corrected chi connectivity index (χ2v) is 5.89. The number of hydrogen-bond acceptors (Lipinski definition) is 3. The Kier molecular flexibility index (Phi) is 6.78. The van der Waals surface area contributed by atoms with E-state index >= 15 is 0 Å². The molecule has 0 saturated carbocycles. The van der Waals surface area contributed by atoms with Crippen molar-refractivity contribution >= 4 is 12.0 Å². The molecular formula is C14H27N3O3. The molecule has 2 N–H and O–H groups in total. The molecule has 1 aliphatic rings. The van der Waals surface area contributed by atoms with Crippen molar-refractivity contribution in [2.24, 2.45) is 11.8 Å². The van der Waals surface area contributed by atoms with Gasteiger partial charge in [0.2, 0.25) is 0 Å². The van der Waals surface area contributed by atoms with Gasteiger partial charge in [0.1, 0.15) is 0 Å². The van der Waals surface area contributed by atoms with E-state index in [4.69, 9.17) is 5.11 Å². The molecule has 0 aromatic carbocycles. The number of urea groups is 1. The zero-order chi connectivity index (χ0) is 15.1. The number of carbonyl (C=O) groups excluding carboxylic acids is 1. The van der Waals surface area contributed by atoms with Crippen LogP contribution in [0, 0.1) is 11.8 Å². The number of amides is 2. The first-order chi connectivity index (χ1) is 9.40. The van der Waals surface area contributed by atoms with Crippen molar-refractivity contribution in [2.45, 2.75) is 26.2 Å². The third kappa shape index (κ3) is 5.77. The van der Waals surface area contributed by atoms with Crippen LogP contribution in [-0.4, -0.2) is 67.2 Å². The van der Waals surface area contributed by atoms with Gasteiger partial charge in [0.05, 0.1) is 5.92 Å². The molecule has 1 fully saturated rings. The maximum absolute atomic E-state index is 11.8. The number of nitrogens with zero attached hydrogens (tertiary/aromatic N) is 2. The second kappa shape index (κ2) is 8.09. The first-order valence-electron chi connectivity index (χ1n) is 7.30. The molecule has 1 heterocycles.